The second-order valence-electron chi connectivity index (χ2n) is 8.93. The molecule has 4 aromatic heterocycles. The summed E-state index contributed by atoms with van der Waals surface area (Å²) in [4.78, 5) is 11.0. The molecule has 0 saturated heterocycles. The molecular weight excluding hydrogens is 505 g/mol. The predicted octanol–water partition coefficient (Wildman–Crippen LogP) is 6.82. The average molecular weight is 530 g/mol. The van der Waals surface area contributed by atoms with Crippen molar-refractivity contribution in [3.63, 3.8) is 0 Å². The third kappa shape index (κ3) is 4.55. The van der Waals surface area contributed by atoms with Gasteiger partial charge in [0, 0.05) is 36.4 Å². The second-order valence-corrected chi connectivity index (χ2v) is 13.6. The van der Waals surface area contributed by atoms with Gasteiger partial charge < -0.3 is 0 Å². The first-order valence-corrected chi connectivity index (χ1v) is 15.1. The molecule has 0 spiro atoms. The van der Waals surface area contributed by atoms with Crippen LogP contribution in [-0.2, 0) is 22.1 Å². The molecule has 5 heterocycles. The van der Waals surface area contributed by atoms with E-state index in [0.29, 0.717) is 13.0 Å². The van der Waals surface area contributed by atoms with Crippen LogP contribution in [-0.4, -0.2) is 24.4 Å². The lowest BCUT2D eigenvalue weighted by Gasteiger charge is -2.17. The van der Waals surface area contributed by atoms with Gasteiger partial charge in [0.1, 0.15) is 5.71 Å². The van der Waals surface area contributed by atoms with Gasteiger partial charge in [-0.2, -0.15) is 8.42 Å². The van der Waals surface area contributed by atoms with Gasteiger partial charge in [-0.15, -0.1) is 34.0 Å². The number of aliphatic imine (C=N–C) groups is 1. The van der Waals surface area contributed by atoms with Crippen LogP contribution in [0.3, 0.4) is 0 Å². The van der Waals surface area contributed by atoms with Crippen molar-refractivity contribution in [1.82, 2.24) is 0 Å². The summed E-state index contributed by atoms with van der Waals surface area (Å²) in [6.07, 6.45) is 2.38. The van der Waals surface area contributed by atoms with Crippen LogP contribution in [0.2, 0.25) is 0 Å². The molecule has 1 N–H and O–H groups in total. The van der Waals surface area contributed by atoms with Crippen molar-refractivity contribution in [2.75, 3.05) is 5.75 Å². The van der Waals surface area contributed by atoms with Crippen LogP contribution in [0.5, 0.6) is 0 Å². The Balaban J connectivity index is 1.49. The molecule has 0 bridgehead atoms. The first-order valence-electron chi connectivity index (χ1n) is 10.9. The number of nitrogens with zero attached hydrogens (tertiary/aromatic N) is 2. The van der Waals surface area contributed by atoms with E-state index in [2.05, 4.69) is 67.9 Å². The summed E-state index contributed by atoms with van der Waals surface area (Å²) in [6.45, 7) is 6.84. The van der Waals surface area contributed by atoms with Crippen molar-refractivity contribution in [2.24, 2.45) is 4.99 Å². The van der Waals surface area contributed by atoms with Crippen molar-refractivity contribution < 1.29 is 17.5 Å². The predicted molar refractivity (Wildman–Crippen MR) is 143 cm³/mol. The molecule has 0 aromatic carbocycles. The topological polar surface area (TPSA) is 70.6 Å². The highest BCUT2D eigenvalue weighted by atomic mass is 32.2. The molecule has 0 aliphatic carbocycles. The van der Waals surface area contributed by atoms with Gasteiger partial charge in [0.25, 0.3) is 10.1 Å². The first-order chi connectivity index (χ1) is 16.1. The van der Waals surface area contributed by atoms with Gasteiger partial charge in [-0.05, 0) is 67.5 Å². The Labute approximate surface area is 211 Å². The number of thiophene rings is 3. The Morgan fingerprint density at radius 2 is 1.65 bits per heavy atom. The van der Waals surface area contributed by atoms with Gasteiger partial charge in [-0.25, -0.2) is 4.57 Å². The standard InChI is InChI=1S/C25H24N2O3S4/c1-16-25(2,3)18-14-17(15-27(24(18)26-16)11-5-13-34(28,29)30)19-7-8-22(32-19)23-10-9-21(33-23)20-6-4-12-31-20/h4,6-10,12,14-15H,5,11,13H2,1-3H3/p+1. The lowest BCUT2D eigenvalue weighted by Crippen LogP contribution is -2.36. The maximum Gasteiger partial charge on any atom is 0.327 e. The molecule has 0 atom stereocenters. The molecule has 4 aromatic rings. The number of hydrogen-bond donors (Lipinski definition) is 1. The van der Waals surface area contributed by atoms with Gasteiger partial charge in [-0.1, -0.05) is 6.07 Å². The second kappa shape index (κ2) is 8.80. The van der Waals surface area contributed by atoms with E-state index in [4.69, 9.17) is 9.55 Å². The number of hydrogen-bond acceptors (Lipinski definition) is 6. The molecule has 0 unspecified atom stereocenters. The Hall–Kier alpha value is -2.17. The van der Waals surface area contributed by atoms with Crippen LogP contribution in [0.15, 0.2) is 59.0 Å². The average Bonchev–Trinajstić information content (AvgIpc) is 3.55. The minimum Gasteiger partial charge on any atom is -0.286 e. The minimum atomic E-state index is -3.99. The minimum absolute atomic E-state index is 0.195. The summed E-state index contributed by atoms with van der Waals surface area (Å²) in [5, 5.41) is 2.10. The fourth-order valence-corrected chi connectivity index (χ4v) is 7.50. The van der Waals surface area contributed by atoms with E-state index in [1.807, 2.05) is 11.5 Å². The van der Waals surface area contributed by atoms with E-state index in [9.17, 15) is 8.42 Å². The van der Waals surface area contributed by atoms with Crippen LogP contribution in [0, 0.1) is 0 Å². The maximum absolute atomic E-state index is 11.2. The maximum atomic E-state index is 11.2. The van der Waals surface area contributed by atoms with Crippen LogP contribution >= 0.6 is 34.0 Å². The summed E-state index contributed by atoms with van der Waals surface area (Å²) in [6, 6.07) is 15.2. The number of pyridine rings is 1. The third-order valence-electron chi connectivity index (χ3n) is 6.26. The van der Waals surface area contributed by atoms with Crippen molar-refractivity contribution in [3.05, 3.63) is 59.6 Å². The molecule has 0 radical (unpaired) electrons. The fraction of sp³-hybridized carbons (Fsp3) is 0.280. The molecule has 1 aliphatic heterocycles. The molecular formula is C25H25N2O3S4+. The fourth-order valence-electron chi connectivity index (χ4n) is 4.09. The summed E-state index contributed by atoms with van der Waals surface area (Å²) >= 11 is 5.32. The first kappa shape index (κ1) is 23.6. The SMILES string of the molecule is CC1=Nc2c(cc(-c3ccc(-c4ccc(-c5cccs5)s4)s3)c[n+]2CCCS(=O)(=O)O)C1(C)C. The van der Waals surface area contributed by atoms with Crippen molar-refractivity contribution in [3.8, 4) is 29.9 Å². The van der Waals surface area contributed by atoms with E-state index in [0.717, 1.165) is 27.5 Å². The van der Waals surface area contributed by atoms with Crippen molar-refractivity contribution in [2.45, 2.75) is 39.2 Å². The van der Waals surface area contributed by atoms with Crippen LogP contribution in [0.25, 0.3) is 29.9 Å². The van der Waals surface area contributed by atoms with E-state index >= 15 is 0 Å². The van der Waals surface area contributed by atoms with E-state index in [1.165, 1.54) is 19.5 Å². The largest absolute Gasteiger partial charge is 0.327 e. The molecule has 34 heavy (non-hydrogen) atoms. The smallest absolute Gasteiger partial charge is 0.286 e. The quantitative estimate of drug-likeness (QED) is 0.211. The van der Waals surface area contributed by atoms with Crippen molar-refractivity contribution >= 4 is 55.7 Å². The summed E-state index contributed by atoms with van der Waals surface area (Å²) < 4.78 is 33.7. The van der Waals surface area contributed by atoms with E-state index < -0.39 is 10.1 Å². The number of aryl methyl sites for hydroxylation is 1. The number of fused-ring (bicyclic) bond motifs is 1. The van der Waals surface area contributed by atoms with Crippen molar-refractivity contribution in [1.29, 1.82) is 0 Å². The van der Waals surface area contributed by atoms with Crippen LogP contribution in [0.4, 0.5) is 5.82 Å². The Bertz CT molecular complexity index is 1490. The normalized spacial score (nSPS) is 14.9. The Morgan fingerprint density at radius 3 is 2.29 bits per heavy atom. The molecule has 5 nitrogen and oxygen atoms in total. The highest BCUT2D eigenvalue weighted by Crippen LogP contribution is 2.43. The summed E-state index contributed by atoms with van der Waals surface area (Å²) in [5.41, 5.74) is 3.07. The molecule has 1 aliphatic rings. The zero-order chi connectivity index (χ0) is 24.1. The number of aromatic nitrogens is 1. The van der Waals surface area contributed by atoms with Gasteiger partial charge >= 0.3 is 5.82 Å². The number of rotatable bonds is 7. The van der Waals surface area contributed by atoms with Gasteiger partial charge in [-0.3, -0.25) is 4.55 Å². The monoisotopic (exact) mass is 529 g/mol. The highest BCUT2D eigenvalue weighted by Gasteiger charge is 2.41. The van der Waals surface area contributed by atoms with Gasteiger partial charge in [0.15, 0.2) is 0 Å². The van der Waals surface area contributed by atoms with Crippen LogP contribution in [0.1, 0.15) is 32.8 Å². The highest BCUT2D eigenvalue weighted by molar-refractivity contribution is 7.85. The van der Waals surface area contributed by atoms with E-state index in [1.54, 1.807) is 34.0 Å². The summed E-state index contributed by atoms with van der Waals surface area (Å²) in [7, 11) is -3.99. The molecule has 0 saturated carbocycles. The lowest BCUT2D eigenvalue weighted by molar-refractivity contribution is -0.683. The Kier molecular flexibility index (Phi) is 6.10. The lowest BCUT2D eigenvalue weighted by atomic mass is 9.82. The van der Waals surface area contributed by atoms with Gasteiger partial charge in [0.2, 0.25) is 0 Å². The molecule has 9 heteroatoms. The van der Waals surface area contributed by atoms with Gasteiger partial charge in [0.05, 0.1) is 29.5 Å². The zero-order valence-electron chi connectivity index (χ0n) is 19.1. The van der Waals surface area contributed by atoms with Crippen LogP contribution < -0.4 is 4.57 Å². The Morgan fingerprint density at radius 1 is 1.00 bits per heavy atom. The third-order valence-corrected chi connectivity index (χ3v) is 10.5. The zero-order valence-corrected chi connectivity index (χ0v) is 22.4. The molecule has 176 valence electrons. The summed E-state index contributed by atoms with van der Waals surface area (Å²) in [5.74, 6) is 0.608. The molecule has 5 rings (SSSR count). The van der Waals surface area contributed by atoms with E-state index in [-0.39, 0.29) is 11.2 Å². The molecule has 0 fully saturated rings. The molecule has 0 amide bonds.